The van der Waals surface area contributed by atoms with Gasteiger partial charge in [0.05, 0.1) is 34.2 Å². The normalized spacial score (nSPS) is 17.3. The van der Waals surface area contributed by atoms with E-state index in [-0.39, 0.29) is 29.5 Å². The highest BCUT2D eigenvalue weighted by atomic mass is 35.5. The Morgan fingerprint density at radius 3 is 2.04 bits per heavy atom. The fourth-order valence-corrected chi connectivity index (χ4v) is 7.48. The third kappa shape index (κ3) is 7.22. The highest BCUT2D eigenvalue weighted by Gasteiger charge is 2.23. The number of carbonyl (C=O) groups excluding carboxylic acids is 2. The van der Waals surface area contributed by atoms with Gasteiger partial charge in [-0.1, -0.05) is 65.7 Å². The molecule has 0 aliphatic carbocycles. The van der Waals surface area contributed by atoms with Gasteiger partial charge in [-0.2, -0.15) is 4.52 Å². The number of hydrogen-bond donors (Lipinski definition) is 4. The summed E-state index contributed by atoms with van der Waals surface area (Å²) in [4.78, 5) is 45.8. The summed E-state index contributed by atoms with van der Waals surface area (Å²) in [5.41, 5.74) is 6.03. The minimum Gasteiger partial charge on any atom is -0.481 e. The van der Waals surface area contributed by atoms with E-state index in [1.165, 1.54) is 10.6 Å². The first-order valence-electron chi connectivity index (χ1n) is 16.9. The molecule has 2 aromatic carbocycles. The lowest BCUT2D eigenvalue weighted by atomic mass is 9.98. The molecule has 0 saturated carbocycles. The van der Waals surface area contributed by atoms with Crippen LogP contribution in [0.3, 0.4) is 0 Å². The Morgan fingerprint density at radius 1 is 0.804 bits per heavy atom. The molecule has 2 amide bonds. The van der Waals surface area contributed by atoms with Crippen molar-refractivity contribution < 1.29 is 14.3 Å². The monoisotopic (exact) mass is 728 g/mol. The first-order valence-corrected chi connectivity index (χ1v) is 17.7. The number of aromatic nitrogens is 4. The van der Waals surface area contributed by atoms with E-state index in [4.69, 9.17) is 37.9 Å². The van der Waals surface area contributed by atoms with Crippen molar-refractivity contribution in [1.29, 1.82) is 0 Å². The molecule has 2 aliphatic heterocycles. The first kappa shape index (κ1) is 34.7. The highest BCUT2D eigenvalue weighted by Crippen LogP contribution is 2.42. The van der Waals surface area contributed by atoms with E-state index in [1.807, 2.05) is 54.6 Å². The Bertz CT molecular complexity index is 2200. The summed E-state index contributed by atoms with van der Waals surface area (Å²) in [7, 11) is 3.39. The zero-order valence-electron chi connectivity index (χ0n) is 28.3. The summed E-state index contributed by atoms with van der Waals surface area (Å²) in [5.74, 6) is 0.639. The van der Waals surface area contributed by atoms with Crippen LogP contribution in [-0.4, -0.2) is 63.3 Å². The van der Waals surface area contributed by atoms with E-state index in [1.54, 1.807) is 18.8 Å². The van der Waals surface area contributed by atoms with E-state index in [0.29, 0.717) is 83.2 Å². The third-order valence-corrected chi connectivity index (χ3v) is 10.2. The minimum absolute atomic E-state index is 0.0650. The summed E-state index contributed by atoms with van der Waals surface area (Å²) in [6.45, 7) is 2.20. The summed E-state index contributed by atoms with van der Waals surface area (Å²) in [5, 5.41) is 13.6. The number of carbonyl (C=O) groups is 2. The molecular formula is C37H38Cl2N8O4. The SMILES string of the molecule is COc1nc(-c2cccc(-c3cccc(-c4cc5nc(CNC[C@H]6CCC(=O)N6)cc(=O)n5n4C)c3Cl)c2Cl)ccc1CNC[C@@H]1CCC(=O)N1. The Morgan fingerprint density at radius 2 is 1.41 bits per heavy atom. The molecule has 2 saturated heterocycles. The van der Waals surface area contributed by atoms with Crippen LogP contribution in [0.2, 0.25) is 10.0 Å². The average Bonchev–Trinajstić information content (AvgIpc) is 3.83. The van der Waals surface area contributed by atoms with E-state index >= 15 is 0 Å². The summed E-state index contributed by atoms with van der Waals surface area (Å²) < 4.78 is 8.90. The molecule has 3 aromatic heterocycles. The zero-order chi connectivity index (χ0) is 35.6. The number of amides is 2. The van der Waals surface area contributed by atoms with Crippen molar-refractivity contribution in [3.05, 3.63) is 92.3 Å². The van der Waals surface area contributed by atoms with Crippen LogP contribution in [0.5, 0.6) is 5.88 Å². The number of halogens is 2. The number of nitrogens with zero attached hydrogens (tertiary/aromatic N) is 4. The van der Waals surface area contributed by atoms with Gasteiger partial charge in [-0.3, -0.25) is 19.1 Å². The van der Waals surface area contributed by atoms with Gasteiger partial charge >= 0.3 is 0 Å². The largest absolute Gasteiger partial charge is 0.481 e. The van der Waals surface area contributed by atoms with Crippen molar-refractivity contribution in [3.63, 3.8) is 0 Å². The van der Waals surface area contributed by atoms with Crippen LogP contribution in [-0.2, 0) is 29.7 Å². The van der Waals surface area contributed by atoms with Gasteiger partial charge in [0.2, 0.25) is 17.7 Å². The van der Waals surface area contributed by atoms with Crippen molar-refractivity contribution in [2.45, 2.75) is 50.9 Å². The lowest BCUT2D eigenvalue weighted by Crippen LogP contribution is -2.35. The number of hydrogen-bond acceptors (Lipinski definition) is 8. The molecular weight excluding hydrogens is 691 g/mol. The second-order valence-electron chi connectivity index (χ2n) is 12.9. The molecule has 0 unspecified atom stereocenters. The van der Waals surface area contributed by atoms with Crippen LogP contribution in [0.4, 0.5) is 0 Å². The van der Waals surface area contributed by atoms with Crippen molar-refractivity contribution in [3.8, 4) is 39.5 Å². The van der Waals surface area contributed by atoms with Crippen molar-refractivity contribution >= 4 is 40.7 Å². The lowest BCUT2D eigenvalue weighted by Gasteiger charge is -2.16. The smallest absolute Gasteiger partial charge is 0.273 e. The molecule has 0 radical (unpaired) electrons. The number of aryl methyl sites for hydroxylation is 1. The van der Waals surface area contributed by atoms with Crippen molar-refractivity contribution in [2.75, 3.05) is 20.2 Å². The average molecular weight is 730 g/mol. The molecule has 2 atom stereocenters. The number of methoxy groups -OCH3 is 1. The molecule has 51 heavy (non-hydrogen) atoms. The zero-order valence-corrected chi connectivity index (χ0v) is 29.8. The molecule has 2 aliphatic rings. The minimum atomic E-state index is -0.213. The van der Waals surface area contributed by atoms with Crippen molar-refractivity contribution in [2.24, 2.45) is 7.05 Å². The van der Waals surface area contributed by atoms with Gasteiger partial charge in [0.1, 0.15) is 0 Å². The second kappa shape index (κ2) is 14.8. The molecule has 0 spiro atoms. The fraction of sp³-hybridized carbons (Fsp3) is 0.324. The summed E-state index contributed by atoms with van der Waals surface area (Å²) >= 11 is 14.2. The standard InChI is InChI=1S/C37H38Cl2N8O4/c1-46-30(16-31-42-24(15-34(50)47(31)46)20-41-19-23-11-14-33(49)44-23)28-8-4-6-26(36(28)39)25-5-3-7-27(35(25)38)29-12-9-21(37(45-29)51-2)17-40-18-22-10-13-32(48)43-22/h3-9,12,15-16,22-23,40-41H,10-11,13-14,17-20H2,1-2H3,(H,43,48)(H,44,49)/t22-,23+/m0/s1. The van der Waals surface area contributed by atoms with E-state index in [0.717, 1.165) is 35.1 Å². The van der Waals surface area contributed by atoms with Gasteiger partial charge < -0.3 is 26.0 Å². The van der Waals surface area contributed by atoms with Gasteiger partial charge in [-0.25, -0.2) is 9.97 Å². The number of rotatable bonds is 12. The Hall–Kier alpha value is -4.75. The van der Waals surface area contributed by atoms with E-state index in [2.05, 4.69) is 21.3 Å². The predicted molar refractivity (Wildman–Crippen MR) is 197 cm³/mol. The van der Waals surface area contributed by atoms with Crippen LogP contribution in [0, 0.1) is 0 Å². The van der Waals surface area contributed by atoms with Gasteiger partial charge in [-0.15, -0.1) is 0 Å². The maximum Gasteiger partial charge on any atom is 0.273 e. The summed E-state index contributed by atoms with van der Waals surface area (Å²) in [6.07, 6.45) is 2.72. The second-order valence-corrected chi connectivity index (χ2v) is 13.6. The van der Waals surface area contributed by atoms with Crippen LogP contribution in [0.1, 0.15) is 36.9 Å². The molecule has 5 aromatic rings. The molecule has 5 heterocycles. The summed E-state index contributed by atoms with van der Waals surface area (Å²) in [6, 6.07) is 18.9. The Kier molecular flexibility index (Phi) is 10.1. The molecule has 7 rings (SSSR count). The van der Waals surface area contributed by atoms with E-state index < -0.39 is 0 Å². The van der Waals surface area contributed by atoms with Crippen LogP contribution < -0.4 is 31.6 Å². The van der Waals surface area contributed by atoms with Gasteiger partial charge in [-0.05, 0) is 18.9 Å². The Labute approximate surface area is 304 Å². The van der Waals surface area contributed by atoms with Gasteiger partial charge in [0.15, 0.2) is 5.65 Å². The maximum atomic E-state index is 13.2. The number of fused-ring (bicyclic) bond motifs is 1. The van der Waals surface area contributed by atoms with Gasteiger partial charge in [0, 0.05) is 98.1 Å². The lowest BCUT2D eigenvalue weighted by molar-refractivity contribution is -0.120. The number of benzene rings is 2. The maximum absolute atomic E-state index is 13.2. The molecule has 2 fully saturated rings. The molecule has 4 N–H and O–H groups in total. The number of nitrogens with one attached hydrogen (secondary N) is 4. The Balaban J connectivity index is 1.13. The molecule has 264 valence electrons. The number of pyridine rings is 1. The first-order chi connectivity index (χ1) is 24.7. The van der Waals surface area contributed by atoms with E-state index in [9.17, 15) is 14.4 Å². The highest BCUT2D eigenvalue weighted by molar-refractivity contribution is 6.39. The number of ether oxygens (including phenoxy) is 1. The van der Waals surface area contributed by atoms with Crippen molar-refractivity contribution in [1.82, 2.24) is 40.4 Å². The topological polar surface area (TPSA) is 144 Å². The fourth-order valence-electron chi connectivity index (χ4n) is 6.83. The van der Waals surface area contributed by atoms with Crippen LogP contribution >= 0.6 is 23.2 Å². The quantitative estimate of drug-likeness (QED) is 0.147. The third-order valence-electron chi connectivity index (χ3n) is 9.43. The molecule has 12 nitrogen and oxygen atoms in total. The predicted octanol–water partition coefficient (Wildman–Crippen LogP) is 4.48. The molecule has 0 bridgehead atoms. The molecule has 14 heteroatoms. The van der Waals surface area contributed by atoms with Crippen LogP contribution in [0.15, 0.2) is 65.5 Å². The van der Waals surface area contributed by atoms with Crippen LogP contribution in [0.25, 0.3) is 39.3 Å². The van der Waals surface area contributed by atoms with Gasteiger partial charge in [0.25, 0.3) is 5.56 Å².